The number of unbranched alkanes of at least 4 members (excludes halogenated alkanes) is 2. The van der Waals surface area contributed by atoms with Gasteiger partial charge in [-0.15, -0.1) is 0 Å². The van der Waals surface area contributed by atoms with Crippen molar-refractivity contribution >= 4 is 17.4 Å². The molecule has 2 N–H and O–H groups in total. The highest BCUT2D eigenvalue weighted by molar-refractivity contribution is 5.94. The van der Waals surface area contributed by atoms with Crippen molar-refractivity contribution in [2.45, 2.75) is 45.1 Å². The Morgan fingerprint density at radius 3 is 2.96 bits per heavy atom. The lowest BCUT2D eigenvalue weighted by atomic mass is 10.1. The maximum absolute atomic E-state index is 12.0. The Morgan fingerprint density at radius 2 is 2.22 bits per heavy atom. The minimum Gasteiger partial charge on any atom is -0.393 e. The zero-order valence-electron chi connectivity index (χ0n) is 13.8. The van der Waals surface area contributed by atoms with E-state index in [9.17, 15) is 9.90 Å². The fourth-order valence-electron chi connectivity index (χ4n) is 2.63. The third-order valence-corrected chi connectivity index (χ3v) is 3.95. The number of aliphatic hydroxyl groups excluding tert-OH is 1. The second kappa shape index (κ2) is 9.47. The monoisotopic (exact) mass is 321 g/mol. The molecule has 0 atom stereocenters. The van der Waals surface area contributed by atoms with Gasteiger partial charge in [0.25, 0.3) is 0 Å². The van der Waals surface area contributed by atoms with Gasteiger partial charge in [0.1, 0.15) is 6.61 Å². The van der Waals surface area contributed by atoms with Crippen LogP contribution in [0.25, 0.3) is 0 Å². The van der Waals surface area contributed by atoms with Crippen molar-refractivity contribution in [2.24, 2.45) is 0 Å². The summed E-state index contributed by atoms with van der Waals surface area (Å²) in [7, 11) is 0. The maximum atomic E-state index is 12.0. The van der Waals surface area contributed by atoms with Gasteiger partial charge in [0.15, 0.2) is 5.82 Å². The smallest absolute Gasteiger partial charge is 0.250 e. The lowest BCUT2D eigenvalue weighted by Crippen LogP contribution is -2.37. The summed E-state index contributed by atoms with van der Waals surface area (Å²) in [6.07, 6.45) is 6.18. The number of rotatable bonds is 8. The van der Waals surface area contributed by atoms with Crippen LogP contribution in [0.1, 0.15) is 39.0 Å². The summed E-state index contributed by atoms with van der Waals surface area (Å²) >= 11 is 0. The van der Waals surface area contributed by atoms with E-state index in [1.807, 2.05) is 6.07 Å². The number of aliphatic hydroxyl groups is 1. The van der Waals surface area contributed by atoms with Crippen LogP contribution < -0.4 is 10.2 Å². The Bertz CT molecular complexity index is 488. The number of ether oxygens (including phenoxy) is 1. The molecule has 0 radical (unpaired) electrons. The van der Waals surface area contributed by atoms with Crippen LogP contribution >= 0.6 is 0 Å². The minimum atomic E-state index is -0.232. The van der Waals surface area contributed by atoms with Crippen LogP contribution in [0.4, 0.5) is 11.5 Å². The third-order valence-electron chi connectivity index (χ3n) is 3.95. The summed E-state index contributed by atoms with van der Waals surface area (Å²) in [5, 5.41) is 12.5. The molecule has 1 aromatic rings. The second-order valence-corrected chi connectivity index (χ2v) is 5.90. The van der Waals surface area contributed by atoms with Crippen molar-refractivity contribution in [2.75, 3.05) is 36.5 Å². The van der Waals surface area contributed by atoms with Crippen molar-refractivity contribution in [3.8, 4) is 0 Å². The molecule has 1 aromatic heterocycles. The van der Waals surface area contributed by atoms with E-state index < -0.39 is 0 Å². The van der Waals surface area contributed by atoms with Crippen molar-refractivity contribution in [3.63, 3.8) is 0 Å². The first kappa shape index (κ1) is 17.7. The van der Waals surface area contributed by atoms with Gasteiger partial charge >= 0.3 is 0 Å². The van der Waals surface area contributed by atoms with E-state index >= 15 is 0 Å². The highest BCUT2D eigenvalue weighted by atomic mass is 16.5. The Balaban J connectivity index is 1.86. The zero-order valence-corrected chi connectivity index (χ0v) is 13.8. The molecule has 2 rings (SSSR count). The fraction of sp³-hybridized carbons (Fsp3) is 0.647. The largest absolute Gasteiger partial charge is 0.393 e. The van der Waals surface area contributed by atoms with E-state index in [1.165, 1.54) is 0 Å². The molecule has 0 bridgehead atoms. The summed E-state index contributed by atoms with van der Waals surface area (Å²) in [5.41, 5.74) is 0.700. The van der Waals surface area contributed by atoms with E-state index in [-0.39, 0.29) is 18.6 Å². The average Bonchev–Trinajstić information content (AvgIpc) is 2.56. The number of nitrogens with one attached hydrogen (secondary N) is 1. The van der Waals surface area contributed by atoms with Gasteiger partial charge in [-0.3, -0.25) is 4.79 Å². The summed E-state index contributed by atoms with van der Waals surface area (Å²) < 4.78 is 5.39. The molecule has 1 aliphatic rings. The van der Waals surface area contributed by atoms with Gasteiger partial charge in [-0.05, 0) is 31.4 Å². The molecule has 0 spiro atoms. The van der Waals surface area contributed by atoms with Crippen LogP contribution in [0.2, 0.25) is 0 Å². The molecule has 128 valence electrons. The van der Waals surface area contributed by atoms with E-state index in [2.05, 4.69) is 22.1 Å². The number of pyridine rings is 1. The highest BCUT2D eigenvalue weighted by Gasteiger charge is 2.20. The lowest BCUT2D eigenvalue weighted by Gasteiger charge is -2.31. The van der Waals surface area contributed by atoms with E-state index in [4.69, 9.17) is 4.74 Å². The number of anilines is 2. The van der Waals surface area contributed by atoms with Gasteiger partial charge in [-0.1, -0.05) is 19.8 Å². The number of carbonyl (C=O) groups excluding carboxylic acids is 1. The van der Waals surface area contributed by atoms with E-state index in [0.29, 0.717) is 12.3 Å². The quantitative estimate of drug-likeness (QED) is 0.718. The second-order valence-electron chi connectivity index (χ2n) is 5.90. The molecule has 2 heterocycles. The molecule has 0 unspecified atom stereocenters. The van der Waals surface area contributed by atoms with Crippen LogP contribution in [0, 0.1) is 0 Å². The Morgan fingerprint density at radius 1 is 1.43 bits per heavy atom. The SMILES string of the molecule is CCCCCOCC(=O)Nc1cccnc1N1CCC(O)CC1. The molecule has 1 aliphatic heterocycles. The predicted octanol–water partition coefficient (Wildman–Crippen LogP) is 2.19. The van der Waals surface area contributed by atoms with Crippen LogP contribution in [-0.2, 0) is 9.53 Å². The number of hydrogen-bond acceptors (Lipinski definition) is 5. The molecular formula is C17H27N3O3. The maximum Gasteiger partial charge on any atom is 0.250 e. The first-order valence-electron chi connectivity index (χ1n) is 8.46. The summed E-state index contributed by atoms with van der Waals surface area (Å²) in [4.78, 5) is 18.5. The van der Waals surface area contributed by atoms with Gasteiger partial charge in [0.05, 0.1) is 11.8 Å². The molecule has 0 aliphatic carbocycles. The normalized spacial score (nSPS) is 15.7. The van der Waals surface area contributed by atoms with Crippen LogP contribution in [0.15, 0.2) is 18.3 Å². The zero-order chi connectivity index (χ0) is 16.5. The first-order valence-corrected chi connectivity index (χ1v) is 8.46. The standard InChI is InChI=1S/C17H27N3O3/c1-2-3-4-12-23-13-16(22)19-15-6-5-9-18-17(15)20-10-7-14(21)8-11-20/h5-6,9,14,21H,2-4,7-8,10-13H2,1H3,(H,19,22). The minimum absolute atomic E-state index is 0.0662. The van der Waals surface area contributed by atoms with Gasteiger partial charge in [-0.2, -0.15) is 0 Å². The molecule has 23 heavy (non-hydrogen) atoms. The van der Waals surface area contributed by atoms with E-state index in [1.54, 1.807) is 12.3 Å². The van der Waals surface area contributed by atoms with Gasteiger partial charge < -0.3 is 20.1 Å². The average molecular weight is 321 g/mol. The number of hydrogen-bond donors (Lipinski definition) is 2. The van der Waals surface area contributed by atoms with Crippen molar-refractivity contribution in [3.05, 3.63) is 18.3 Å². The molecule has 1 amide bonds. The molecule has 1 saturated heterocycles. The van der Waals surface area contributed by atoms with Crippen molar-refractivity contribution in [1.29, 1.82) is 0 Å². The molecule has 1 fully saturated rings. The van der Waals surface area contributed by atoms with Crippen LogP contribution in [0.3, 0.4) is 0 Å². The molecule has 0 aromatic carbocycles. The van der Waals surface area contributed by atoms with Crippen LogP contribution in [0.5, 0.6) is 0 Å². The predicted molar refractivity (Wildman–Crippen MR) is 90.7 cm³/mol. The highest BCUT2D eigenvalue weighted by Crippen LogP contribution is 2.25. The number of nitrogens with zero attached hydrogens (tertiary/aromatic N) is 2. The third kappa shape index (κ3) is 5.80. The Kier molecular flexibility index (Phi) is 7.29. The number of amides is 1. The molecular weight excluding hydrogens is 294 g/mol. The number of piperidine rings is 1. The van der Waals surface area contributed by atoms with Gasteiger partial charge in [0.2, 0.25) is 5.91 Å². The topological polar surface area (TPSA) is 74.7 Å². The summed E-state index contributed by atoms with van der Waals surface area (Å²) in [6, 6.07) is 3.66. The van der Waals surface area contributed by atoms with E-state index in [0.717, 1.165) is 51.0 Å². The lowest BCUT2D eigenvalue weighted by molar-refractivity contribution is -0.120. The molecule has 6 nitrogen and oxygen atoms in total. The molecule has 6 heteroatoms. The fourth-order valence-corrected chi connectivity index (χ4v) is 2.63. The summed E-state index contributed by atoms with van der Waals surface area (Å²) in [5.74, 6) is 0.603. The number of aromatic nitrogens is 1. The first-order chi connectivity index (χ1) is 11.2. The van der Waals surface area contributed by atoms with Gasteiger partial charge in [0, 0.05) is 25.9 Å². The van der Waals surface area contributed by atoms with Crippen LogP contribution in [-0.4, -0.2) is 48.4 Å². The summed E-state index contributed by atoms with van der Waals surface area (Å²) in [6.45, 7) is 4.31. The Labute approximate surface area is 137 Å². The van der Waals surface area contributed by atoms with Gasteiger partial charge in [-0.25, -0.2) is 4.98 Å². The number of carbonyl (C=O) groups is 1. The van der Waals surface area contributed by atoms with Crippen molar-refractivity contribution in [1.82, 2.24) is 4.98 Å². The molecule has 0 saturated carbocycles. The Hall–Kier alpha value is -1.66. The van der Waals surface area contributed by atoms with Crippen molar-refractivity contribution < 1.29 is 14.6 Å².